The second kappa shape index (κ2) is 10.5. The number of benzene rings is 2. The van der Waals surface area contributed by atoms with E-state index < -0.39 is 12.0 Å². The Morgan fingerprint density at radius 2 is 1.77 bits per heavy atom. The lowest BCUT2D eigenvalue weighted by atomic mass is 9.96. The zero-order valence-corrected chi connectivity index (χ0v) is 24.4. The van der Waals surface area contributed by atoms with Gasteiger partial charge in [-0.25, -0.2) is 9.79 Å². The number of hydrogen-bond acceptors (Lipinski definition) is 5. The molecule has 1 aliphatic heterocycles. The van der Waals surface area contributed by atoms with Gasteiger partial charge >= 0.3 is 5.97 Å². The highest BCUT2D eigenvalue weighted by molar-refractivity contribution is 7.07. The number of esters is 1. The maximum absolute atomic E-state index is 14.0. The van der Waals surface area contributed by atoms with Crippen molar-refractivity contribution >= 4 is 35.0 Å². The van der Waals surface area contributed by atoms with Crippen molar-refractivity contribution in [3.63, 3.8) is 0 Å². The second-order valence-corrected chi connectivity index (χ2v) is 11.1. The van der Waals surface area contributed by atoms with Crippen LogP contribution in [0.1, 0.15) is 53.5 Å². The smallest absolute Gasteiger partial charge is 0.338 e. The van der Waals surface area contributed by atoms with E-state index in [0.29, 0.717) is 31.2 Å². The summed E-state index contributed by atoms with van der Waals surface area (Å²) in [5.41, 5.74) is 7.86. The lowest BCUT2D eigenvalue weighted by Gasteiger charge is -2.25. The monoisotopic (exact) mass is 559 g/mol. The first kappa shape index (κ1) is 26.9. The lowest BCUT2D eigenvalue weighted by Crippen LogP contribution is -2.40. The first-order chi connectivity index (χ1) is 18.6. The normalized spacial score (nSPS) is 15.4. The van der Waals surface area contributed by atoms with Crippen LogP contribution in [0.5, 0.6) is 0 Å². The predicted octanol–water partition coefficient (Wildman–Crippen LogP) is 5.48. The van der Waals surface area contributed by atoms with Gasteiger partial charge in [0.15, 0.2) is 4.80 Å². The van der Waals surface area contributed by atoms with Crippen LogP contribution in [0, 0.1) is 27.7 Å². The van der Waals surface area contributed by atoms with Gasteiger partial charge in [-0.3, -0.25) is 9.36 Å². The number of aryl methyl sites for hydroxylation is 3. The Balaban J connectivity index is 1.73. The molecule has 39 heavy (non-hydrogen) atoms. The topological polar surface area (TPSA) is 65.6 Å². The third-order valence-corrected chi connectivity index (χ3v) is 8.46. The SMILES string of the molecule is CCOC(=O)C1=C(C)N=c2s/c(=C/c3cc(C)n(-c4c(C)cccc4C)c3C)c(=O)n2[C@H]1c1ccccc1Cl. The number of carbonyl (C=O) groups is 1. The van der Waals surface area contributed by atoms with E-state index in [1.165, 1.54) is 22.5 Å². The minimum Gasteiger partial charge on any atom is -0.463 e. The van der Waals surface area contributed by atoms with Crippen LogP contribution in [0.2, 0.25) is 5.02 Å². The lowest BCUT2D eigenvalue weighted by molar-refractivity contribution is -0.139. The summed E-state index contributed by atoms with van der Waals surface area (Å²) in [6, 6.07) is 14.9. The molecule has 0 saturated carbocycles. The molecule has 1 atom stereocenters. The van der Waals surface area contributed by atoms with Gasteiger partial charge in [0.05, 0.1) is 28.1 Å². The summed E-state index contributed by atoms with van der Waals surface area (Å²) in [7, 11) is 0. The minimum atomic E-state index is -0.738. The number of thiazole rings is 1. The van der Waals surface area contributed by atoms with Crippen molar-refractivity contribution in [2.75, 3.05) is 6.61 Å². The van der Waals surface area contributed by atoms with E-state index in [-0.39, 0.29) is 12.2 Å². The van der Waals surface area contributed by atoms with E-state index in [1.54, 1.807) is 24.5 Å². The standard InChI is InChI=1S/C31H30ClN3O3S/c1-7-38-30(37)26-20(5)33-31-35(28(26)23-13-8-9-14-24(23)32)29(36)25(39-31)16-22-15-19(4)34(21(22)6)27-17(2)11-10-12-18(27)3/h8-16,28H,7H2,1-6H3/b25-16+/t28-/m0/s1. The molecule has 0 saturated heterocycles. The quantitative estimate of drug-likeness (QED) is 0.304. The molecule has 8 heteroatoms. The second-order valence-electron chi connectivity index (χ2n) is 9.73. The molecule has 0 unspecified atom stereocenters. The molecule has 0 bridgehead atoms. The van der Waals surface area contributed by atoms with Gasteiger partial charge in [0.2, 0.25) is 0 Å². The van der Waals surface area contributed by atoms with Gasteiger partial charge in [0, 0.05) is 16.4 Å². The van der Waals surface area contributed by atoms with Crippen LogP contribution in [0.15, 0.2) is 69.6 Å². The minimum absolute atomic E-state index is 0.214. The van der Waals surface area contributed by atoms with Crippen molar-refractivity contribution in [2.45, 2.75) is 47.6 Å². The Hall–Kier alpha value is -3.68. The highest BCUT2D eigenvalue weighted by Crippen LogP contribution is 2.34. The highest BCUT2D eigenvalue weighted by atomic mass is 35.5. The molecule has 0 amide bonds. The summed E-state index contributed by atoms with van der Waals surface area (Å²) >= 11 is 7.91. The van der Waals surface area contributed by atoms with Crippen molar-refractivity contribution in [3.05, 3.63) is 118 Å². The number of aromatic nitrogens is 2. The molecule has 0 fully saturated rings. The summed E-state index contributed by atoms with van der Waals surface area (Å²) in [6.45, 7) is 12.1. The van der Waals surface area contributed by atoms with Crippen LogP contribution in [0.4, 0.5) is 0 Å². The fourth-order valence-corrected chi connectivity index (χ4v) is 6.64. The Morgan fingerprint density at radius 1 is 1.08 bits per heavy atom. The molecule has 3 heterocycles. The molecule has 0 radical (unpaired) electrons. The van der Waals surface area contributed by atoms with E-state index in [2.05, 4.69) is 61.5 Å². The van der Waals surface area contributed by atoms with Crippen molar-refractivity contribution in [1.29, 1.82) is 0 Å². The average molecular weight is 560 g/mol. The fourth-order valence-electron chi connectivity index (χ4n) is 5.36. The molecule has 200 valence electrons. The van der Waals surface area contributed by atoms with Crippen LogP contribution >= 0.6 is 22.9 Å². The van der Waals surface area contributed by atoms with Crippen molar-refractivity contribution in [3.8, 4) is 5.69 Å². The van der Waals surface area contributed by atoms with E-state index in [0.717, 1.165) is 22.6 Å². The molecule has 6 nitrogen and oxygen atoms in total. The molecule has 2 aromatic carbocycles. The first-order valence-corrected chi connectivity index (χ1v) is 14.0. The molecule has 0 spiro atoms. The molecular formula is C31H30ClN3O3S. The first-order valence-electron chi connectivity index (χ1n) is 12.8. The van der Waals surface area contributed by atoms with Crippen molar-refractivity contribution in [1.82, 2.24) is 9.13 Å². The number of rotatable bonds is 5. The molecular weight excluding hydrogens is 530 g/mol. The number of allylic oxidation sites excluding steroid dienone is 1. The average Bonchev–Trinajstić information content (AvgIpc) is 3.33. The van der Waals surface area contributed by atoms with Gasteiger partial charge < -0.3 is 9.30 Å². The molecule has 2 aromatic heterocycles. The maximum Gasteiger partial charge on any atom is 0.338 e. The Labute approximate surface area is 236 Å². The summed E-state index contributed by atoms with van der Waals surface area (Å²) < 4.78 is 9.71. The maximum atomic E-state index is 14.0. The zero-order chi connectivity index (χ0) is 28.0. The van der Waals surface area contributed by atoms with E-state index in [1.807, 2.05) is 24.3 Å². The summed E-state index contributed by atoms with van der Waals surface area (Å²) in [4.78, 5) is 32.3. The Morgan fingerprint density at radius 3 is 2.44 bits per heavy atom. The molecule has 4 aromatic rings. The number of hydrogen-bond donors (Lipinski definition) is 0. The third kappa shape index (κ3) is 4.60. The van der Waals surface area contributed by atoms with Gasteiger partial charge in [0.1, 0.15) is 6.04 Å². The fraction of sp³-hybridized carbons (Fsp3) is 0.258. The van der Waals surface area contributed by atoms with Crippen LogP contribution in [0.25, 0.3) is 11.8 Å². The number of fused-ring (bicyclic) bond motifs is 1. The third-order valence-electron chi connectivity index (χ3n) is 7.14. The summed E-state index contributed by atoms with van der Waals surface area (Å²) in [5.74, 6) is -0.505. The zero-order valence-electron chi connectivity index (χ0n) is 22.8. The Bertz CT molecular complexity index is 1820. The van der Waals surface area contributed by atoms with Crippen LogP contribution in [0.3, 0.4) is 0 Å². The van der Waals surface area contributed by atoms with Gasteiger partial charge in [-0.15, -0.1) is 0 Å². The predicted molar refractivity (Wildman–Crippen MR) is 157 cm³/mol. The molecule has 5 rings (SSSR count). The number of ether oxygens (including phenoxy) is 1. The largest absolute Gasteiger partial charge is 0.463 e. The van der Waals surface area contributed by atoms with Gasteiger partial charge in [-0.05, 0) is 82.0 Å². The van der Waals surface area contributed by atoms with Crippen molar-refractivity contribution < 1.29 is 9.53 Å². The highest BCUT2D eigenvalue weighted by Gasteiger charge is 2.34. The number of nitrogens with zero attached hydrogens (tertiary/aromatic N) is 3. The van der Waals surface area contributed by atoms with E-state index in [9.17, 15) is 9.59 Å². The summed E-state index contributed by atoms with van der Waals surface area (Å²) in [6.07, 6.45) is 1.92. The number of halogens is 1. The Kier molecular flexibility index (Phi) is 7.23. The number of carbonyl (C=O) groups excluding carboxylic acids is 1. The van der Waals surface area contributed by atoms with Gasteiger partial charge in [0.25, 0.3) is 5.56 Å². The van der Waals surface area contributed by atoms with Crippen LogP contribution < -0.4 is 14.9 Å². The van der Waals surface area contributed by atoms with E-state index in [4.69, 9.17) is 16.3 Å². The van der Waals surface area contributed by atoms with Gasteiger partial charge in [-0.1, -0.05) is 59.3 Å². The van der Waals surface area contributed by atoms with Crippen molar-refractivity contribution in [2.24, 2.45) is 4.99 Å². The molecule has 1 aliphatic rings. The molecule has 0 N–H and O–H groups in total. The van der Waals surface area contributed by atoms with E-state index >= 15 is 0 Å². The van der Waals surface area contributed by atoms with Gasteiger partial charge in [-0.2, -0.15) is 0 Å². The molecule has 0 aliphatic carbocycles. The number of para-hydroxylation sites is 1. The summed E-state index contributed by atoms with van der Waals surface area (Å²) in [5, 5.41) is 0.464. The van der Waals surface area contributed by atoms with Crippen LogP contribution in [-0.4, -0.2) is 21.7 Å². The van der Waals surface area contributed by atoms with Crippen LogP contribution in [-0.2, 0) is 9.53 Å².